The Hall–Kier alpha value is -4.66. The summed E-state index contributed by atoms with van der Waals surface area (Å²) in [7, 11) is 1.46. The van der Waals surface area contributed by atoms with Gasteiger partial charge in [0, 0.05) is 45.7 Å². The number of carbonyl (C=O) groups is 8. The maximum atomic E-state index is 14.1. The van der Waals surface area contributed by atoms with Gasteiger partial charge in [-0.2, -0.15) is 0 Å². The molecule has 3 aliphatic rings. The molecule has 8 amide bonds. The maximum Gasteiger partial charge on any atom is 0.250 e. The molecule has 10 unspecified atom stereocenters. The molecule has 0 aliphatic carbocycles. The van der Waals surface area contributed by atoms with Crippen LogP contribution in [-0.2, 0) is 38.4 Å². The molecular formula is C38H64N10O10. The fourth-order valence-corrected chi connectivity index (χ4v) is 7.87. The van der Waals surface area contributed by atoms with Crippen LogP contribution in [0.4, 0.5) is 0 Å². The Morgan fingerprint density at radius 2 is 1.43 bits per heavy atom. The molecule has 11 N–H and O–H groups in total. The second kappa shape index (κ2) is 21.4. The van der Waals surface area contributed by atoms with Gasteiger partial charge in [0.1, 0.15) is 42.3 Å². The molecule has 3 heterocycles. The van der Waals surface area contributed by atoms with Crippen LogP contribution < -0.4 is 38.1 Å². The molecule has 0 aromatic carbocycles. The van der Waals surface area contributed by atoms with Crippen molar-refractivity contribution in [3.8, 4) is 0 Å². The van der Waals surface area contributed by atoms with Crippen molar-refractivity contribution in [2.24, 2.45) is 17.4 Å². The lowest BCUT2D eigenvalue weighted by Crippen LogP contribution is -2.62. The largest absolute Gasteiger partial charge is 0.391 e. The first-order valence-electron chi connectivity index (χ1n) is 20.1. The summed E-state index contributed by atoms with van der Waals surface area (Å²) in [4.78, 5) is 111. The molecule has 20 heteroatoms. The summed E-state index contributed by atoms with van der Waals surface area (Å²) < 4.78 is 0. The summed E-state index contributed by atoms with van der Waals surface area (Å²) in [6.45, 7) is 12.1. The number of nitrogens with one attached hydrogen (secondary N) is 5. The maximum absolute atomic E-state index is 14.1. The summed E-state index contributed by atoms with van der Waals surface area (Å²) in [5.74, 6) is -5.21. The van der Waals surface area contributed by atoms with Gasteiger partial charge in [-0.25, -0.2) is 0 Å². The number of likely N-dealkylation sites (N-methyl/N-ethyl adjacent to an activating group) is 1. The Labute approximate surface area is 339 Å². The zero-order chi connectivity index (χ0) is 43.6. The van der Waals surface area contributed by atoms with Crippen LogP contribution >= 0.6 is 0 Å². The quantitative estimate of drug-likeness (QED) is 0.0570. The SMILES string of the molecule is C=C(C)C(NC(=O)C(CC(C)C)NC(=O)C(C(C)O)N1C(=O)C(NC(=O)CCN)CC1CN)C(=O)N1CCCC1C(=O)NC(C(=O)N1CCCC1C(=O)NC)C(C)O. The molecule has 0 aromatic heterocycles. The van der Waals surface area contributed by atoms with Crippen molar-refractivity contribution in [1.29, 1.82) is 0 Å². The van der Waals surface area contributed by atoms with E-state index in [1.54, 1.807) is 0 Å². The number of amides is 8. The molecule has 10 atom stereocenters. The molecule has 20 nitrogen and oxygen atoms in total. The number of nitrogens with two attached hydrogens (primary N) is 2. The number of hydrogen-bond donors (Lipinski definition) is 9. The minimum absolute atomic E-state index is 0.0200. The first-order valence-corrected chi connectivity index (χ1v) is 20.1. The Bertz CT molecular complexity index is 1560. The standard InChI is InChI=1S/C38H64N10O10/c1-19(2)16-24(43-35(55)31(22(6)50)48-23(18-40)17-25(36(48)56)42-28(51)12-13-39)32(52)44-29(20(3)4)37(57)47-15-9-11-27(47)34(54)45-30(21(5)49)38(58)46-14-8-10-26(46)33(53)41-7/h19,21-27,29-31,49-50H,3,8-18,39-40H2,1-2,4-7H3,(H,41,53)(H,42,51)(H,43,55)(H,44,52)(H,45,54). The normalized spacial score (nSPS) is 23.7. The first-order chi connectivity index (χ1) is 27.3. The van der Waals surface area contributed by atoms with Gasteiger partial charge in [0.2, 0.25) is 47.3 Å². The van der Waals surface area contributed by atoms with E-state index in [9.17, 15) is 48.6 Å². The van der Waals surface area contributed by atoms with E-state index in [2.05, 4.69) is 33.2 Å². The summed E-state index contributed by atoms with van der Waals surface area (Å²) in [5.41, 5.74) is 11.7. The Balaban J connectivity index is 1.79. The predicted molar refractivity (Wildman–Crippen MR) is 211 cm³/mol. The van der Waals surface area contributed by atoms with Crippen molar-refractivity contribution < 1.29 is 48.6 Å². The molecule has 0 saturated carbocycles. The summed E-state index contributed by atoms with van der Waals surface area (Å²) >= 11 is 0. The third-order valence-corrected chi connectivity index (χ3v) is 10.8. The predicted octanol–water partition coefficient (Wildman–Crippen LogP) is -3.69. The second-order valence-electron chi connectivity index (χ2n) is 15.9. The minimum Gasteiger partial charge on any atom is -0.391 e. The third kappa shape index (κ3) is 11.5. The molecule has 0 radical (unpaired) electrons. The molecule has 0 spiro atoms. The van der Waals surface area contributed by atoms with Crippen molar-refractivity contribution in [3.05, 3.63) is 12.2 Å². The number of hydrogen-bond acceptors (Lipinski definition) is 12. The van der Waals surface area contributed by atoms with Crippen LogP contribution in [0.3, 0.4) is 0 Å². The van der Waals surface area contributed by atoms with Crippen molar-refractivity contribution >= 4 is 47.3 Å². The van der Waals surface area contributed by atoms with Gasteiger partial charge < -0.3 is 63.0 Å². The van der Waals surface area contributed by atoms with Crippen molar-refractivity contribution in [1.82, 2.24) is 41.3 Å². The zero-order valence-electron chi connectivity index (χ0n) is 34.5. The van der Waals surface area contributed by atoms with Gasteiger partial charge >= 0.3 is 0 Å². The zero-order valence-corrected chi connectivity index (χ0v) is 34.5. The van der Waals surface area contributed by atoms with E-state index in [-0.39, 0.29) is 69.3 Å². The number of aliphatic hydroxyl groups is 2. The fraction of sp³-hybridized carbons (Fsp3) is 0.737. The van der Waals surface area contributed by atoms with E-state index < -0.39 is 102 Å². The number of aliphatic hydroxyl groups excluding tert-OH is 2. The molecule has 3 rings (SSSR count). The summed E-state index contributed by atoms with van der Waals surface area (Å²) in [6.07, 6.45) is -0.951. The minimum atomic E-state index is -1.49. The highest BCUT2D eigenvalue weighted by Crippen LogP contribution is 2.25. The van der Waals surface area contributed by atoms with Crippen LogP contribution in [-0.4, -0.2) is 166 Å². The van der Waals surface area contributed by atoms with Crippen LogP contribution in [0, 0.1) is 5.92 Å². The highest BCUT2D eigenvalue weighted by Gasteiger charge is 2.48. The molecule has 0 aromatic rings. The molecule has 3 aliphatic heterocycles. The monoisotopic (exact) mass is 820 g/mol. The van der Waals surface area contributed by atoms with E-state index >= 15 is 0 Å². The molecule has 0 bridgehead atoms. The Kier molecular flexibility index (Phi) is 17.6. The van der Waals surface area contributed by atoms with E-state index in [4.69, 9.17) is 11.5 Å². The van der Waals surface area contributed by atoms with E-state index in [0.717, 1.165) is 4.90 Å². The number of carbonyl (C=O) groups excluding carboxylic acids is 8. The third-order valence-electron chi connectivity index (χ3n) is 10.8. The average Bonchev–Trinajstić information content (AvgIpc) is 3.91. The van der Waals surface area contributed by atoms with Crippen molar-refractivity contribution in [3.63, 3.8) is 0 Å². The Morgan fingerprint density at radius 1 is 0.845 bits per heavy atom. The molecule has 326 valence electrons. The highest BCUT2D eigenvalue weighted by molar-refractivity contribution is 5.99. The van der Waals surface area contributed by atoms with Crippen molar-refractivity contribution in [2.45, 2.75) is 140 Å². The van der Waals surface area contributed by atoms with Gasteiger partial charge in [-0.1, -0.05) is 20.4 Å². The van der Waals surface area contributed by atoms with Gasteiger partial charge in [-0.15, -0.1) is 0 Å². The van der Waals surface area contributed by atoms with Gasteiger partial charge in [-0.3, -0.25) is 38.4 Å². The molecule has 58 heavy (non-hydrogen) atoms. The van der Waals surface area contributed by atoms with E-state index in [1.165, 1.54) is 37.6 Å². The average molecular weight is 821 g/mol. The molecule has 3 saturated heterocycles. The van der Waals surface area contributed by atoms with Gasteiger partial charge in [0.25, 0.3) is 0 Å². The van der Waals surface area contributed by atoms with E-state index in [0.29, 0.717) is 19.3 Å². The summed E-state index contributed by atoms with van der Waals surface area (Å²) in [5, 5.41) is 34.4. The van der Waals surface area contributed by atoms with Gasteiger partial charge in [0.15, 0.2) is 0 Å². The lowest BCUT2D eigenvalue weighted by molar-refractivity contribution is -0.146. The highest BCUT2D eigenvalue weighted by atomic mass is 16.3. The van der Waals surface area contributed by atoms with Crippen LogP contribution in [0.15, 0.2) is 12.2 Å². The van der Waals surface area contributed by atoms with Crippen LogP contribution in [0.5, 0.6) is 0 Å². The number of nitrogens with zero attached hydrogens (tertiary/aromatic N) is 3. The second-order valence-corrected chi connectivity index (χ2v) is 15.9. The van der Waals surface area contributed by atoms with Gasteiger partial charge in [0.05, 0.1) is 12.2 Å². The molecule has 3 fully saturated rings. The number of likely N-dealkylation sites (tertiary alicyclic amines) is 3. The smallest absolute Gasteiger partial charge is 0.250 e. The first kappa shape index (κ1) is 47.7. The van der Waals surface area contributed by atoms with Crippen molar-refractivity contribution in [2.75, 3.05) is 33.2 Å². The lowest BCUT2D eigenvalue weighted by atomic mass is 10.00. The number of rotatable bonds is 19. The van der Waals surface area contributed by atoms with Crippen LogP contribution in [0.2, 0.25) is 0 Å². The topological polar surface area (TPSA) is 299 Å². The fourth-order valence-electron chi connectivity index (χ4n) is 7.87. The van der Waals surface area contributed by atoms with Gasteiger partial charge in [-0.05, 0) is 70.8 Å². The Morgan fingerprint density at radius 3 is 1.93 bits per heavy atom. The van der Waals surface area contributed by atoms with Crippen LogP contribution in [0.1, 0.15) is 79.6 Å². The lowest BCUT2D eigenvalue weighted by Gasteiger charge is -2.35. The van der Waals surface area contributed by atoms with E-state index in [1.807, 2.05) is 13.8 Å². The van der Waals surface area contributed by atoms with Crippen LogP contribution in [0.25, 0.3) is 0 Å². The summed E-state index contributed by atoms with van der Waals surface area (Å²) in [6, 6.07) is -9.01. The molecular weight excluding hydrogens is 756 g/mol.